The molecule has 17 nitrogen and oxygen atoms in total. The molecule has 2 fully saturated rings. The number of ether oxygens (including phenoxy) is 1. The van der Waals surface area contributed by atoms with Gasteiger partial charge in [0.2, 0.25) is 5.91 Å². The summed E-state index contributed by atoms with van der Waals surface area (Å²) in [7, 11) is 0. The second-order valence-corrected chi connectivity index (χ2v) is 21.2. The molecule has 0 radical (unpaired) electrons. The molecule has 2 unspecified atom stereocenters. The van der Waals surface area contributed by atoms with Gasteiger partial charge in [0.25, 0.3) is 17.7 Å². The average molecular weight is 1120 g/mol. The van der Waals surface area contributed by atoms with E-state index in [0.29, 0.717) is 69.8 Å². The lowest BCUT2D eigenvalue weighted by atomic mass is 9.92. The zero-order valence-electron chi connectivity index (χ0n) is 45.8. The maximum atomic E-state index is 14.5. The number of benzene rings is 3. The number of nitrogens with zero attached hydrogens (tertiary/aromatic N) is 6. The Balaban J connectivity index is 0.632. The monoisotopic (exact) mass is 1110 g/mol. The summed E-state index contributed by atoms with van der Waals surface area (Å²) in [5.74, 6) is 4.39. The Kier molecular flexibility index (Phi) is 20.7. The van der Waals surface area contributed by atoms with Crippen molar-refractivity contribution in [2.45, 2.75) is 128 Å². The third-order valence-electron chi connectivity index (χ3n) is 15.2. The molecule has 1 saturated carbocycles. The first-order chi connectivity index (χ1) is 39.0. The van der Waals surface area contributed by atoms with E-state index in [1.807, 2.05) is 24.0 Å². The summed E-state index contributed by atoms with van der Waals surface area (Å²) < 4.78 is 49.0. The SMILES string of the molecule is Cc1ccc(C(=O)Cc2ccc(CN3CCN(CCCNC(=O)CCC(=O)CCCCCCCCCNC(=O)COc4cccc5c4C(=O)N(C4CCC(=O)CC4=O)C5=O)CC3)c(C(F)(F)F)c2)cc1C#CC1CN=C2C=CC=NN21. The number of nitrogens with one attached hydrogen (secondary N) is 2. The lowest BCUT2D eigenvalue weighted by molar-refractivity contribution is -0.138. The van der Waals surface area contributed by atoms with Crippen LogP contribution in [0.2, 0.25) is 0 Å². The number of halogens is 3. The number of amides is 4. The van der Waals surface area contributed by atoms with Gasteiger partial charge in [-0.25, -0.2) is 5.01 Å². The van der Waals surface area contributed by atoms with Crippen LogP contribution in [0.25, 0.3) is 0 Å². The van der Waals surface area contributed by atoms with Crippen molar-refractivity contribution in [3.05, 3.63) is 111 Å². The molecule has 4 amide bonds. The molecule has 1 saturated heterocycles. The standard InChI is InChI=1S/C61H69F3N8O9/c1-41-16-18-44(36-43(41)20-21-46-38-67-55-15-10-28-68-72(46)55)52(75)35-42-17-19-45(50(34-42)61(62,63)64)39-70-32-30-69(31-33-70)29-11-27-65-56(77)25-23-47(73)12-7-5-3-2-4-6-8-26-66-57(78)40-81-54-14-9-13-49-58(54)60(80)71(59(49)79)51-24-22-48(74)37-53(51)76/h9-10,13-19,28,34,36,46,51H,2-8,11-12,22-27,29-33,35,37-40H2,1H3,(H,65,77)(H,66,78). The summed E-state index contributed by atoms with van der Waals surface area (Å²) in [6.07, 6.45) is 8.13. The number of rotatable bonds is 26. The van der Waals surface area contributed by atoms with E-state index in [0.717, 1.165) is 73.9 Å². The number of ketones is 4. The molecule has 428 valence electrons. The van der Waals surface area contributed by atoms with E-state index in [9.17, 15) is 51.5 Å². The zero-order valence-corrected chi connectivity index (χ0v) is 45.8. The fourth-order valence-corrected chi connectivity index (χ4v) is 10.6. The van der Waals surface area contributed by atoms with Crippen LogP contribution < -0.4 is 15.4 Å². The Morgan fingerprint density at radius 2 is 1.54 bits per heavy atom. The second-order valence-electron chi connectivity index (χ2n) is 21.2. The summed E-state index contributed by atoms with van der Waals surface area (Å²) >= 11 is 0. The fourth-order valence-electron chi connectivity index (χ4n) is 10.6. The average Bonchev–Trinajstić information content (AvgIpc) is 4.19. The Morgan fingerprint density at radius 3 is 2.32 bits per heavy atom. The highest BCUT2D eigenvalue weighted by atomic mass is 19.4. The summed E-state index contributed by atoms with van der Waals surface area (Å²) in [6, 6.07) is 12.6. The number of piperazine rings is 1. The number of Topliss-reactive ketones (excluding diaryl/α,β-unsaturated/α-hetero) is 4. The molecule has 5 aliphatic rings. The van der Waals surface area contributed by atoms with Crippen molar-refractivity contribution < 1.29 is 56.3 Å². The lowest BCUT2D eigenvalue weighted by Crippen LogP contribution is -2.47. The van der Waals surface area contributed by atoms with Gasteiger partial charge in [-0.2, -0.15) is 18.3 Å². The number of hydrogen-bond acceptors (Lipinski definition) is 14. The minimum Gasteiger partial charge on any atom is -0.483 e. The molecule has 0 spiro atoms. The number of carbonyl (C=O) groups excluding carboxylic acids is 8. The molecule has 2 atom stereocenters. The summed E-state index contributed by atoms with van der Waals surface area (Å²) in [6.45, 7) is 6.26. The van der Waals surface area contributed by atoms with Crippen molar-refractivity contribution in [1.82, 2.24) is 30.3 Å². The van der Waals surface area contributed by atoms with Crippen molar-refractivity contribution in [2.75, 3.05) is 59.0 Å². The van der Waals surface area contributed by atoms with Crippen LogP contribution in [-0.4, -0.2) is 150 Å². The second kappa shape index (κ2) is 28.2. The Hall–Kier alpha value is -7.63. The quantitative estimate of drug-likeness (QED) is 0.0274. The number of hydrazone groups is 1. The van der Waals surface area contributed by atoms with Gasteiger partial charge in [0.05, 0.1) is 35.7 Å². The van der Waals surface area contributed by atoms with Crippen molar-refractivity contribution in [1.29, 1.82) is 0 Å². The lowest BCUT2D eigenvalue weighted by Gasteiger charge is -2.35. The van der Waals surface area contributed by atoms with Gasteiger partial charge in [-0.05, 0) is 92.3 Å². The molecule has 8 rings (SSSR count). The molecular weight excluding hydrogens is 1050 g/mol. The summed E-state index contributed by atoms with van der Waals surface area (Å²) in [4.78, 5) is 111. The summed E-state index contributed by atoms with van der Waals surface area (Å²) in [5.41, 5.74) is 1.70. The van der Waals surface area contributed by atoms with E-state index in [1.54, 1.807) is 41.6 Å². The van der Waals surface area contributed by atoms with Crippen LogP contribution >= 0.6 is 0 Å². The van der Waals surface area contributed by atoms with E-state index >= 15 is 0 Å². The first kappa shape index (κ1) is 59.5. The van der Waals surface area contributed by atoms with Gasteiger partial charge < -0.3 is 20.3 Å². The number of aliphatic imine (C=N–C) groups is 1. The van der Waals surface area contributed by atoms with E-state index < -0.39 is 35.4 Å². The molecule has 3 aromatic carbocycles. The highest BCUT2D eigenvalue weighted by Crippen LogP contribution is 2.36. The molecule has 0 bridgehead atoms. The van der Waals surface area contributed by atoms with Crippen LogP contribution in [0.1, 0.15) is 149 Å². The Labute approximate surface area is 469 Å². The van der Waals surface area contributed by atoms with E-state index in [-0.39, 0.29) is 115 Å². The number of hydrogen-bond donors (Lipinski definition) is 2. The van der Waals surface area contributed by atoms with Gasteiger partial charge >= 0.3 is 6.18 Å². The van der Waals surface area contributed by atoms with E-state index in [1.165, 1.54) is 18.2 Å². The van der Waals surface area contributed by atoms with Crippen LogP contribution in [-0.2, 0) is 43.1 Å². The van der Waals surface area contributed by atoms with E-state index in [2.05, 4.69) is 37.5 Å². The molecule has 2 N–H and O–H groups in total. The van der Waals surface area contributed by atoms with Gasteiger partial charge in [-0.3, -0.25) is 53.1 Å². The Bertz CT molecular complexity index is 3040. The number of fused-ring (bicyclic) bond motifs is 2. The van der Waals surface area contributed by atoms with Gasteiger partial charge in [0.15, 0.2) is 18.2 Å². The summed E-state index contributed by atoms with van der Waals surface area (Å²) in [5, 5.41) is 11.8. The number of aryl methyl sites for hydroxylation is 1. The maximum absolute atomic E-state index is 14.5. The number of alkyl halides is 3. The smallest absolute Gasteiger partial charge is 0.416 e. The molecule has 4 heterocycles. The van der Waals surface area contributed by atoms with Gasteiger partial charge in [-0.15, -0.1) is 0 Å². The molecule has 1 aliphatic carbocycles. The van der Waals surface area contributed by atoms with Gasteiger partial charge in [0.1, 0.15) is 29.2 Å². The zero-order chi connectivity index (χ0) is 57.5. The molecule has 20 heteroatoms. The number of imide groups is 1. The van der Waals surface area contributed by atoms with Crippen LogP contribution in [0, 0.1) is 18.8 Å². The number of allylic oxidation sites excluding steroid dienone is 1. The third-order valence-corrected chi connectivity index (χ3v) is 15.2. The van der Waals surface area contributed by atoms with Crippen LogP contribution in [0.5, 0.6) is 5.75 Å². The molecule has 81 heavy (non-hydrogen) atoms. The number of amidine groups is 1. The Morgan fingerprint density at radius 1 is 0.802 bits per heavy atom. The topological polar surface area (TPSA) is 208 Å². The minimum absolute atomic E-state index is 0.00537. The molecule has 0 aromatic heterocycles. The van der Waals surface area contributed by atoms with E-state index in [4.69, 9.17) is 4.74 Å². The fraction of sp³-hybridized carbons (Fsp3) is 0.475. The molecule has 4 aliphatic heterocycles. The first-order valence-corrected chi connectivity index (χ1v) is 28.1. The van der Waals surface area contributed by atoms with Crippen molar-refractivity contribution in [3.63, 3.8) is 0 Å². The minimum atomic E-state index is -4.60. The van der Waals surface area contributed by atoms with Crippen molar-refractivity contribution in [2.24, 2.45) is 10.1 Å². The third kappa shape index (κ3) is 16.3. The van der Waals surface area contributed by atoms with Gasteiger partial charge in [-0.1, -0.05) is 74.3 Å². The first-order valence-electron chi connectivity index (χ1n) is 28.1. The predicted octanol–water partition coefficient (Wildman–Crippen LogP) is 7.00. The van der Waals surface area contributed by atoms with Crippen LogP contribution in [0.4, 0.5) is 13.2 Å². The highest BCUT2D eigenvalue weighted by Gasteiger charge is 2.46. The predicted molar refractivity (Wildman–Crippen MR) is 297 cm³/mol. The normalized spacial score (nSPS) is 18.1. The number of carbonyl (C=O) groups is 8. The van der Waals surface area contributed by atoms with Crippen LogP contribution in [0.3, 0.4) is 0 Å². The van der Waals surface area contributed by atoms with Crippen molar-refractivity contribution in [3.8, 4) is 17.6 Å². The number of unbranched alkanes of at least 4 members (excludes halogenated alkanes) is 6. The molecule has 3 aromatic rings. The highest BCUT2D eigenvalue weighted by molar-refractivity contribution is 6.24. The maximum Gasteiger partial charge on any atom is 0.416 e. The van der Waals surface area contributed by atoms with Gasteiger partial charge in [0, 0.05) is 95.3 Å². The largest absolute Gasteiger partial charge is 0.483 e. The van der Waals surface area contributed by atoms with Crippen LogP contribution in [0.15, 0.2) is 76.8 Å². The molecular formula is C61H69F3N8O9. The van der Waals surface area contributed by atoms with Crippen molar-refractivity contribution >= 4 is 58.8 Å².